The first-order chi connectivity index (χ1) is 15.0. The summed E-state index contributed by atoms with van der Waals surface area (Å²) in [6.45, 7) is 4.77. The molecule has 3 rings (SSSR count). The number of carbonyl (C=O) groups is 3. The van der Waals surface area contributed by atoms with Gasteiger partial charge in [0, 0.05) is 13.0 Å². The standard InChI is InChI=1S/C23H25N3O4S/c1-3-24-21(28)19-14-20(27)26(15-16-8-6-5-7-9-16)23(31-19)25-18-12-10-17(11-13-18)22(29)30-4-2/h5-13,19H,3-4,14-15H2,1-2H3,(H,24,28). The van der Waals surface area contributed by atoms with Crippen LogP contribution in [0, 0.1) is 0 Å². The van der Waals surface area contributed by atoms with Gasteiger partial charge < -0.3 is 10.1 Å². The molecule has 1 aliphatic rings. The quantitative estimate of drug-likeness (QED) is 0.667. The van der Waals surface area contributed by atoms with Crippen LogP contribution in [-0.2, 0) is 20.9 Å². The highest BCUT2D eigenvalue weighted by molar-refractivity contribution is 8.15. The molecule has 0 radical (unpaired) electrons. The van der Waals surface area contributed by atoms with Gasteiger partial charge in [-0.1, -0.05) is 42.1 Å². The number of thioether (sulfide) groups is 1. The van der Waals surface area contributed by atoms with Crippen LogP contribution in [0.25, 0.3) is 0 Å². The number of esters is 1. The van der Waals surface area contributed by atoms with Gasteiger partial charge in [0.25, 0.3) is 0 Å². The van der Waals surface area contributed by atoms with Gasteiger partial charge in [0.05, 0.1) is 29.7 Å². The van der Waals surface area contributed by atoms with Gasteiger partial charge in [-0.25, -0.2) is 9.79 Å². The minimum atomic E-state index is -0.531. The Hall–Kier alpha value is -3.13. The van der Waals surface area contributed by atoms with Gasteiger partial charge in [-0.05, 0) is 43.7 Å². The maximum atomic E-state index is 12.9. The zero-order chi connectivity index (χ0) is 22.2. The lowest BCUT2D eigenvalue weighted by Crippen LogP contribution is -2.46. The number of hydrogen-bond donors (Lipinski definition) is 1. The summed E-state index contributed by atoms with van der Waals surface area (Å²) in [5, 5.41) is 2.71. The van der Waals surface area contributed by atoms with Crippen LogP contribution in [0.1, 0.15) is 36.2 Å². The molecule has 1 aliphatic heterocycles. The van der Waals surface area contributed by atoms with E-state index < -0.39 is 11.2 Å². The fourth-order valence-corrected chi connectivity index (χ4v) is 4.17. The lowest BCUT2D eigenvalue weighted by atomic mass is 10.2. The van der Waals surface area contributed by atoms with E-state index in [9.17, 15) is 14.4 Å². The summed E-state index contributed by atoms with van der Waals surface area (Å²) in [7, 11) is 0. The van der Waals surface area contributed by atoms with Gasteiger partial charge in [0.1, 0.15) is 0 Å². The molecular formula is C23H25N3O4S. The molecule has 0 spiro atoms. The van der Waals surface area contributed by atoms with Crippen molar-refractivity contribution >= 4 is 40.4 Å². The molecular weight excluding hydrogens is 414 g/mol. The third kappa shape index (κ3) is 5.95. The van der Waals surface area contributed by atoms with Gasteiger partial charge in [0.15, 0.2) is 5.17 Å². The number of nitrogens with zero attached hydrogens (tertiary/aromatic N) is 2. The van der Waals surface area contributed by atoms with E-state index in [0.717, 1.165) is 5.56 Å². The molecule has 7 nitrogen and oxygen atoms in total. The second kappa shape index (κ2) is 10.8. The van der Waals surface area contributed by atoms with Crippen molar-refractivity contribution in [2.75, 3.05) is 13.2 Å². The molecule has 162 valence electrons. The Morgan fingerprint density at radius 3 is 2.48 bits per heavy atom. The number of nitrogens with one attached hydrogen (secondary N) is 1. The smallest absolute Gasteiger partial charge is 0.338 e. The number of amides is 2. The molecule has 1 saturated heterocycles. The van der Waals surface area contributed by atoms with Crippen LogP contribution in [0.4, 0.5) is 5.69 Å². The van der Waals surface area contributed by atoms with Gasteiger partial charge in [-0.15, -0.1) is 0 Å². The average molecular weight is 440 g/mol. The van der Waals surface area contributed by atoms with Crippen molar-refractivity contribution in [1.82, 2.24) is 10.2 Å². The van der Waals surface area contributed by atoms with Gasteiger partial charge in [-0.2, -0.15) is 0 Å². The van der Waals surface area contributed by atoms with Crippen LogP contribution >= 0.6 is 11.8 Å². The summed E-state index contributed by atoms with van der Waals surface area (Å²) < 4.78 is 5.00. The number of aliphatic imine (C=N–C) groups is 1. The van der Waals surface area contributed by atoms with Crippen LogP contribution in [0.3, 0.4) is 0 Å². The van der Waals surface area contributed by atoms with Crippen molar-refractivity contribution in [1.29, 1.82) is 0 Å². The third-order valence-electron chi connectivity index (χ3n) is 4.57. The lowest BCUT2D eigenvalue weighted by Gasteiger charge is -2.31. The average Bonchev–Trinajstić information content (AvgIpc) is 2.77. The number of benzene rings is 2. The van der Waals surface area contributed by atoms with E-state index in [1.165, 1.54) is 11.8 Å². The molecule has 2 aromatic rings. The molecule has 31 heavy (non-hydrogen) atoms. The van der Waals surface area contributed by atoms with E-state index in [4.69, 9.17) is 4.74 Å². The van der Waals surface area contributed by atoms with Crippen LogP contribution in [0.5, 0.6) is 0 Å². The second-order valence-corrected chi connectivity index (χ2v) is 8.00. The SMILES string of the molecule is CCNC(=O)C1CC(=O)N(Cc2ccccc2)C(=Nc2ccc(C(=O)OCC)cc2)S1. The molecule has 0 aromatic heterocycles. The van der Waals surface area contributed by atoms with E-state index in [-0.39, 0.29) is 18.2 Å². The Bertz CT molecular complexity index is 961. The minimum Gasteiger partial charge on any atom is -0.462 e. The third-order valence-corrected chi connectivity index (χ3v) is 5.76. The molecule has 0 bridgehead atoms. The zero-order valence-electron chi connectivity index (χ0n) is 17.5. The first-order valence-corrected chi connectivity index (χ1v) is 11.0. The summed E-state index contributed by atoms with van der Waals surface area (Å²) in [6, 6.07) is 16.3. The Morgan fingerprint density at radius 2 is 1.84 bits per heavy atom. The van der Waals surface area contributed by atoms with Crippen LogP contribution in [-0.4, -0.2) is 46.3 Å². The number of rotatable bonds is 7. The summed E-state index contributed by atoms with van der Waals surface area (Å²) in [5.41, 5.74) is 1.98. The molecule has 1 heterocycles. The molecule has 8 heteroatoms. The van der Waals surface area contributed by atoms with Gasteiger partial charge >= 0.3 is 5.97 Å². The second-order valence-electron chi connectivity index (χ2n) is 6.83. The van der Waals surface area contributed by atoms with Gasteiger partial charge in [0.2, 0.25) is 11.8 Å². The van der Waals surface area contributed by atoms with Crippen molar-refractivity contribution in [2.45, 2.75) is 32.1 Å². The van der Waals surface area contributed by atoms with E-state index in [1.807, 2.05) is 37.3 Å². The van der Waals surface area contributed by atoms with Crippen molar-refractivity contribution in [2.24, 2.45) is 4.99 Å². The maximum absolute atomic E-state index is 12.9. The van der Waals surface area contributed by atoms with E-state index in [0.29, 0.717) is 36.1 Å². The molecule has 1 atom stereocenters. The van der Waals surface area contributed by atoms with Crippen molar-refractivity contribution in [3.8, 4) is 0 Å². The van der Waals surface area contributed by atoms with Crippen molar-refractivity contribution in [3.05, 3.63) is 65.7 Å². The summed E-state index contributed by atoms with van der Waals surface area (Å²) >= 11 is 1.28. The highest BCUT2D eigenvalue weighted by Gasteiger charge is 2.35. The molecule has 2 amide bonds. The Kier molecular flexibility index (Phi) is 7.83. The monoisotopic (exact) mass is 439 g/mol. The summed E-state index contributed by atoms with van der Waals surface area (Å²) in [4.78, 5) is 43.4. The van der Waals surface area contributed by atoms with Crippen LogP contribution < -0.4 is 5.32 Å². The van der Waals surface area contributed by atoms with Gasteiger partial charge in [-0.3, -0.25) is 14.5 Å². The Balaban J connectivity index is 1.88. The van der Waals surface area contributed by atoms with Crippen LogP contribution in [0.15, 0.2) is 59.6 Å². The molecule has 1 fully saturated rings. The highest BCUT2D eigenvalue weighted by atomic mass is 32.2. The fourth-order valence-electron chi connectivity index (χ4n) is 3.05. The lowest BCUT2D eigenvalue weighted by molar-refractivity contribution is -0.130. The Morgan fingerprint density at radius 1 is 1.13 bits per heavy atom. The molecule has 2 aromatic carbocycles. The summed E-state index contributed by atoms with van der Waals surface area (Å²) in [6.07, 6.45) is 0.115. The topological polar surface area (TPSA) is 88.1 Å². The predicted molar refractivity (Wildman–Crippen MR) is 121 cm³/mol. The largest absolute Gasteiger partial charge is 0.462 e. The van der Waals surface area contributed by atoms with E-state index >= 15 is 0 Å². The van der Waals surface area contributed by atoms with Crippen molar-refractivity contribution in [3.63, 3.8) is 0 Å². The summed E-state index contributed by atoms with van der Waals surface area (Å²) in [5.74, 6) is -0.725. The molecule has 1 unspecified atom stereocenters. The van der Waals surface area contributed by atoms with E-state index in [1.54, 1.807) is 36.1 Å². The molecule has 0 aliphatic carbocycles. The number of carbonyl (C=O) groups excluding carboxylic acids is 3. The number of hydrogen-bond acceptors (Lipinski definition) is 6. The normalized spacial score (nSPS) is 17.5. The first kappa shape index (κ1) is 22.6. The molecule has 1 N–H and O–H groups in total. The Labute approximate surface area is 185 Å². The minimum absolute atomic E-state index is 0.115. The zero-order valence-corrected chi connectivity index (χ0v) is 18.4. The molecule has 0 saturated carbocycles. The number of ether oxygens (including phenoxy) is 1. The van der Waals surface area contributed by atoms with Crippen molar-refractivity contribution < 1.29 is 19.1 Å². The predicted octanol–water partition coefficient (Wildman–Crippen LogP) is 3.52. The first-order valence-electron chi connectivity index (χ1n) is 10.2. The van der Waals surface area contributed by atoms with Crippen LogP contribution in [0.2, 0.25) is 0 Å². The number of amidine groups is 1. The fraction of sp³-hybridized carbons (Fsp3) is 0.304. The maximum Gasteiger partial charge on any atom is 0.338 e. The highest BCUT2D eigenvalue weighted by Crippen LogP contribution is 2.30. The van der Waals surface area contributed by atoms with E-state index in [2.05, 4.69) is 10.3 Å².